The lowest BCUT2D eigenvalue weighted by molar-refractivity contribution is 0.388. The van der Waals surface area contributed by atoms with Crippen molar-refractivity contribution in [1.82, 2.24) is 29.9 Å². The van der Waals surface area contributed by atoms with E-state index in [4.69, 9.17) is 0 Å². The smallest absolute Gasteiger partial charge is 0.151 e. The minimum absolute atomic E-state index is 0.505. The number of fused-ring (bicyclic) bond motifs is 1. The van der Waals surface area contributed by atoms with Crippen LogP contribution < -0.4 is 10.6 Å². The number of benzene rings is 1. The second kappa shape index (κ2) is 6.45. The lowest BCUT2D eigenvalue weighted by Gasteiger charge is -2.25. The molecule has 2 aromatic heterocycles. The maximum atomic E-state index is 4.51. The van der Waals surface area contributed by atoms with Crippen LogP contribution in [0.2, 0.25) is 0 Å². The van der Waals surface area contributed by atoms with Gasteiger partial charge in [0.25, 0.3) is 0 Å². The van der Waals surface area contributed by atoms with Crippen molar-refractivity contribution in [2.45, 2.75) is 20.0 Å². The minimum atomic E-state index is 0.505. The first-order chi connectivity index (χ1) is 11.8. The Morgan fingerprint density at radius 2 is 2.17 bits per heavy atom. The molecule has 1 aliphatic rings. The van der Waals surface area contributed by atoms with Gasteiger partial charge in [0.05, 0.1) is 12.2 Å². The van der Waals surface area contributed by atoms with Crippen LogP contribution in [0.1, 0.15) is 11.5 Å². The van der Waals surface area contributed by atoms with E-state index in [0.29, 0.717) is 12.5 Å². The van der Waals surface area contributed by atoms with E-state index in [-0.39, 0.29) is 0 Å². The Labute approximate surface area is 140 Å². The predicted octanol–water partition coefficient (Wildman–Crippen LogP) is 1.60. The molecule has 0 saturated carbocycles. The number of anilines is 1. The SMILES string of the molecule is Cc1cc2n(n1)C[C@H](CNCc1nncn1-c1ccccc1)CN2. The van der Waals surface area contributed by atoms with Crippen LogP contribution in [0.15, 0.2) is 42.7 Å². The monoisotopic (exact) mass is 323 g/mol. The third-order valence-corrected chi connectivity index (χ3v) is 4.27. The third-order valence-electron chi connectivity index (χ3n) is 4.27. The van der Waals surface area contributed by atoms with Crippen molar-refractivity contribution >= 4 is 5.82 Å². The molecular formula is C17H21N7. The Hall–Kier alpha value is -2.67. The second-order valence-electron chi connectivity index (χ2n) is 6.18. The lowest BCUT2D eigenvalue weighted by Crippen LogP contribution is -2.35. The number of hydrogen-bond acceptors (Lipinski definition) is 5. The van der Waals surface area contributed by atoms with Gasteiger partial charge >= 0.3 is 0 Å². The average molecular weight is 323 g/mol. The maximum absolute atomic E-state index is 4.51. The van der Waals surface area contributed by atoms with Crippen molar-refractivity contribution in [3.8, 4) is 5.69 Å². The summed E-state index contributed by atoms with van der Waals surface area (Å²) in [7, 11) is 0. The molecule has 0 spiro atoms. The van der Waals surface area contributed by atoms with Gasteiger partial charge in [-0.05, 0) is 19.1 Å². The van der Waals surface area contributed by atoms with Crippen LogP contribution in [0.25, 0.3) is 5.69 Å². The highest BCUT2D eigenvalue weighted by molar-refractivity contribution is 5.38. The van der Waals surface area contributed by atoms with Crippen molar-refractivity contribution in [2.24, 2.45) is 5.92 Å². The van der Waals surface area contributed by atoms with Gasteiger partial charge in [0.15, 0.2) is 5.82 Å². The van der Waals surface area contributed by atoms with Crippen molar-refractivity contribution in [3.63, 3.8) is 0 Å². The molecule has 2 N–H and O–H groups in total. The number of nitrogens with zero attached hydrogens (tertiary/aromatic N) is 5. The number of rotatable bonds is 5. The van der Waals surface area contributed by atoms with E-state index in [0.717, 1.165) is 42.7 Å². The Kier molecular flexibility index (Phi) is 4.00. The molecular weight excluding hydrogens is 302 g/mol. The Morgan fingerprint density at radius 3 is 3.04 bits per heavy atom. The van der Waals surface area contributed by atoms with Gasteiger partial charge in [-0.15, -0.1) is 10.2 Å². The van der Waals surface area contributed by atoms with E-state index in [1.807, 2.05) is 29.7 Å². The van der Waals surface area contributed by atoms with Crippen LogP contribution in [0.4, 0.5) is 5.82 Å². The molecule has 3 aromatic rings. The van der Waals surface area contributed by atoms with Crippen LogP contribution >= 0.6 is 0 Å². The van der Waals surface area contributed by atoms with Gasteiger partial charge in [0.2, 0.25) is 0 Å². The number of aromatic nitrogens is 5. The number of aryl methyl sites for hydroxylation is 1. The Morgan fingerprint density at radius 1 is 1.29 bits per heavy atom. The molecule has 24 heavy (non-hydrogen) atoms. The van der Waals surface area contributed by atoms with Crippen molar-refractivity contribution in [2.75, 3.05) is 18.4 Å². The molecule has 1 atom stereocenters. The van der Waals surface area contributed by atoms with Crippen molar-refractivity contribution in [3.05, 3.63) is 54.2 Å². The maximum Gasteiger partial charge on any atom is 0.151 e. The molecule has 0 unspecified atom stereocenters. The summed E-state index contributed by atoms with van der Waals surface area (Å²) in [5, 5.41) is 19.7. The average Bonchev–Trinajstić information content (AvgIpc) is 3.21. The van der Waals surface area contributed by atoms with E-state index in [1.54, 1.807) is 6.33 Å². The highest BCUT2D eigenvalue weighted by Gasteiger charge is 2.19. The van der Waals surface area contributed by atoms with E-state index in [2.05, 4.69) is 48.8 Å². The largest absolute Gasteiger partial charge is 0.370 e. The molecule has 1 aliphatic heterocycles. The summed E-state index contributed by atoms with van der Waals surface area (Å²) in [5.41, 5.74) is 2.14. The summed E-state index contributed by atoms with van der Waals surface area (Å²) >= 11 is 0. The summed E-state index contributed by atoms with van der Waals surface area (Å²) < 4.78 is 4.07. The zero-order valence-corrected chi connectivity index (χ0v) is 13.7. The highest BCUT2D eigenvalue weighted by atomic mass is 15.3. The Bertz CT molecular complexity index is 805. The first-order valence-electron chi connectivity index (χ1n) is 8.23. The van der Waals surface area contributed by atoms with Gasteiger partial charge in [-0.1, -0.05) is 18.2 Å². The molecule has 4 rings (SSSR count). The normalized spacial score (nSPS) is 16.6. The molecule has 7 heteroatoms. The van der Waals surface area contributed by atoms with E-state index in [9.17, 15) is 0 Å². The van der Waals surface area contributed by atoms with E-state index >= 15 is 0 Å². The predicted molar refractivity (Wildman–Crippen MR) is 92.0 cm³/mol. The van der Waals surface area contributed by atoms with Gasteiger partial charge in [-0.2, -0.15) is 5.10 Å². The molecule has 0 radical (unpaired) electrons. The summed E-state index contributed by atoms with van der Waals surface area (Å²) in [6, 6.07) is 12.2. The molecule has 3 heterocycles. The molecule has 0 bridgehead atoms. The number of nitrogens with one attached hydrogen (secondary N) is 2. The van der Waals surface area contributed by atoms with Crippen molar-refractivity contribution < 1.29 is 0 Å². The standard InChI is InChI=1S/C17H21N7/c1-13-7-16-19-9-14(11-24(16)22-13)8-18-10-17-21-20-12-23(17)15-5-3-2-4-6-15/h2-7,12,14,18-19H,8-11H2,1H3/t14-/m1/s1. The fourth-order valence-corrected chi connectivity index (χ4v) is 3.09. The van der Waals surface area contributed by atoms with Crippen LogP contribution in [-0.4, -0.2) is 37.6 Å². The van der Waals surface area contributed by atoms with Crippen LogP contribution in [0.5, 0.6) is 0 Å². The molecule has 0 fully saturated rings. The zero-order valence-electron chi connectivity index (χ0n) is 13.7. The van der Waals surface area contributed by atoms with Gasteiger partial charge in [-0.3, -0.25) is 4.57 Å². The summed E-state index contributed by atoms with van der Waals surface area (Å²) in [6.07, 6.45) is 1.76. The van der Waals surface area contributed by atoms with Crippen LogP contribution in [0, 0.1) is 12.8 Å². The number of para-hydroxylation sites is 1. The topological polar surface area (TPSA) is 72.6 Å². The molecule has 1 aromatic carbocycles. The molecule has 0 amide bonds. The first-order valence-corrected chi connectivity index (χ1v) is 8.23. The second-order valence-corrected chi connectivity index (χ2v) is 6.18. The van der Waals surface area contributed by atoms with Gasteiger partial charge in [-0.25, -0.2) is 4.68 Å². The molecule has 124 valence electrons. The van der Waals surface area contributed by atoms with E-state index < -0.39 is 0 Å². The fourth-order valence-electron chi connectivity index (χ4n) is 3.09. The van der Waals surface area contributed by atoms with E-state index in [1.165, 1.54) is 0 Å². The van der Waals surface area contributed by atoms with Gasteiger partial charge in [0, 0.05) is 37.3 Å². The zero-order chi connectivity index (χ0) is 16.4. The first kappa shape index (κ1) is 14.9. The minimum Gasteiger partial charge on any atom is -0.370 e. The third kappa shape index (κ3) is 3.03. The summed E-state index contributed by atoms with van der Waals surface area (Å²) in [4.78, 5) is 0. The van der Waals surface area contributed by atoms with Crippen molar-refractivity contribution in [1.29, 1.82) is 0 Å². The van der Waals surface area contributed by atoms with Crippen LogP contribution in [-0.2, 0) is 13.1 Å². The van der Waals surface area contributed by atoms with Crippen LogP contribution in [0.3, 0.4) is 0 Å². The van der Waals surface area contributed by atoms with Gasteiger partial charge < -0.3 is 10.6 Å². The molecule has 7 nitrogen and oxygen atoms in total. The highest BCUT2D eigenvalue weighted by Crippen LogP contribution is 2.18. The lowest BCUT2D eigenvalue weighted by atomic mass is 10.1. The quantitative estimate of drug-likeness (QED) is 0.746. The number of hydrogen-bond donors (Lipinski definition) is 2. The molecule has 0 saturated heterocycles. The Balaban J connectivity index is 1.35. The summed E-state index contributed by atoms with van der Waals surface area (Å²) in [6.45, 7) is 5.53. The summed E-state index contributed by atoms with van der Waals surface area (Å²) in [5.74, 6) is 2.54. The fraction of sp³-hybridized carbons (Fsp3) is 0.353. The van der Waals surface area contributed by atoms with Gasteiger partial charge in [0.1, 0.15) is 12.1 Å². The molecule has 0 aliphatic carbocycles.